The predicted octanol–water partition coefficient (Wildman–Crippen LogP) is 2.42. The molecule has 20 heavy (non-hydrogen) atoms. The highest BCUT2D eigenvalue weighted by atomic mass is 35.5. The molecule has 0 aliphatic carbocycles. The van der Waals surface area contributed by atoms with E-state index in [9.17, 15) is 13.2 Å². The second-order valence-corrected chi connectivity index (χ2v) is 6.82. The molecule has 8 heteroatoms. The molecule has 0 saturated heterocycles. The summed E-state index contributed by atoms with van der Waals surface area (Å²) in [6.07, 6.45) is 0.902. The van der Waals surface area contributed by atoms with Gasteiger partial charge in [0.1, 0.15) is 4.90 Å². The number of sulfonamides is 1. The van der Waals surface area contributed by atoms with Gasteiger partial charge >= 0.3 is 0 Å². The Kier molecular flexibility index (Phi) is 5.82. The quantitative estimate of drug-likeness (QED) is 0.863. The lowest BCUT2D eigenvalue weighted by Crippen LogP contribution is -2.29. The number of halogens is 2. The van der Waals surface area contributed by atoms with Gasteiger partial charge in [0.2, 0.25) is 10.0 Å². The summed E-state index contributed by atoms with van der Waals surface area (Å²) in [6, 6.07) is 2.46. The second-order valence-electron chi connectivity index (χ2n) is 4.50. The van der Waals surface area contributed by atoms with Gasteiger partial charge in [-0.05, 0) is 18.1 Å². The van der Waals surface area contributed by atoms with Gasteiger partial charge in [-0.25, -0.2) is 13.6 Å². The highest BCUT2D eigenvalue weighted by molar-refractivity contribution is 7.89. The van der Waals surface area contributed by atoms with E-state index < -0.39 is 15.9 Å². The number of carbonyl (C=O) groups excluding carboxylic acids is 1. The SMILES string of the molecule is CCC(C)CNC(=O)c1c(Cl)ccc(S(N)(=O)=O)c1Cl. The van der Waals surface area contributed by atoms with E-state index in [0.717, 1.165) is 6.42 Å². The highest BCUT2D eigenvalue weighted by Gasteiger charge is 2.22. The van der Waals surface area contributed by atoms with Crippen LogP contribution in [0, 0.1) is 5.92 Å². The van der Waals surface area contributed by atoms with Crippen LogP contribution in [0.5, 0.6) is 0 Å². The van der Waals surface area contributed by atoms with Crippen molar-refractivity contribution >= 4 is 39.1 Å². The maximum atomic E-state index is 12.1. The van der Waals surface area contributed by atoms with Crippen LogP contribution in [0.2, 0.25) is 10.0 Å². The third kappa shape index (κ3) is 4.09. The van der Waals surface area contributed by atoms with Gasteiger partial charge in [0.25, 0.3) is 5.91 Å². The van der Waals surface area contributed by atoms with E-state index in [1.165, 1.54) is 12.1 Å². The molecule has 1 aromatic carbocycles. The molecular weight excluding hydrogens is 323 g/mol. The fourth-order valence-electron chi connectivity index (χ4n) is 1.46. The van der Waals surface area contributed by atoms with Gasteiger partial charge in [0.05, 0.1) is 15.6 Å². The number of carbonyl (C=O) groups is 1. The maximum Gasteiger partial charge on any atom is 0.254 e. The van der Waals surface area contributed by atoms with Crippen LogP contribution in [0.1, 0.15) is 30.6 Å². The van der Waals surface area contributed by atoms with Crippen molar-refractivity contribution < 1.29 is 13.2 Å². The van der Waals surface area contributed by atoms with Crippen LogP contribution in [0.15, 0.2) is 17.0 Å². The van der Waals surface area contributed by atoms with Crippen molar-refractivity contribution in [2.24, 2.45) is 11.1 Å². The number of rotatable bonds is 5. The lowest BCUT2D eigenvalue weighted by atomic mass is 10.1. The summed E-state index contributed by atoms with van der Waals surface area (Å²) in [4.78, 5) is 11.7. The molecule has 0 fully saturated rings. The normalized spacial score (nSPS) is 13.1. The average molecular weight is 339 g/mol. The number of nitrogens with one attached hydrogen (secondary N) is 1. The first-order chi connectivity index (χ1) is 9.18. The Morgan fingerprint density at radius 3 is 2.50 bits per heavy atom. The predicted molar refractivity (Wildman–Crippen MR) is 79.6 cm³/mol. The molecule has 1 aromatic rings. The first-order valence-corrected chi connectivity index (χ1v) is 8.27. The van der Waals surface area contributed by atoms with Crippen molar-refractivity contribution in [2.75, 3.05) is 6.54 Å². The Bertz CT molecular complexity index is 617. The van der Waals surface area contributed by atoms with Crippen LogP contribution in [0.25, 0.3) is 0 Å². The van der Waals surface area contributed by atoms with Gasteiger partial charge < -0.3 is 5.32 Å². The maximum absolute atomic E-state index is 12.1. The first-order valence-electron chi connectivity index (χ1n) is 5.97. The molecule has 0 radical (unpaired) electrons. The molecular formula is C12H16Cl2N2O3S. The number of amides is 1. The van der Waals surface area contributed by atoms with Gasteiger partial charge in [-0.3, -0.25) is 4.79 Å². The van der Waals surface area contributed by atoms with Crippen molar-refractivity contribution in [1.29, 1.82) is 0 Å². The molecule has 0 aliphatic rings. The second kappa shape index (κ2) is 6.76. The monoisotopic (exact) mass is 338 g/mol. The lowest BCUT2D eigenvalue weighted by molar-refractivity contribution is 0.0948. The Morgan fingerprint density at radius 2 is 2.00 bits per heavy atom. The zero-order chi connectivity index (χ0) is 15.5. The van der Waals surface area contributed by atoms with E-state index in [0.29, 0.717) is 6.54 Å². The topological polar surface area (TPSA) is 89.3 Å². The summed E-state index contributed by atoms with van der Waals surface area (Å²) in [5, 5.41) is 7.51. The smallest absolute Gasteiger partial charge is 0.254 e. The van der Waals surface area contributed by atoms with Crippen LogP contribution >= 0.6 is 23.2 Å². The van der Waals surface area contributed by atoms with Gasteiger partial charge in [0.15, 0.2) is 0 Å². The van der Waals surface area contributed by atoms with Crippen LogP contribution in [-0.4, -0.2) is 20.9 Å². The van der Waals surface area contributed by atoms with E-state index in [4.69, 9.17) is 28.3 Å². The molecule has 5 nitrogen and oxygen atoms in total. The van der Waals surface area contributed by atoms with Crippen molar-refractivity contribution in [3.8, 4) is 0 Å². The molecule has 3 N–H and O–H groups in total. The van der Waals surface area contributed by atoms with Crippen molar-refractivity contribution in [2.45, 2.75) is 25.2 Å². The summed E-state index contributed by atoms with van der Waals surface area (Å²) in [5.41, 5.74) is -0.0804. The Morgan fingerprint density at radius 1 is 1.40 bits per heavy atom. The molecule has 0 saturated carbocycles. The Hall–Kier alpha value is -0.820. The standard InChI is InChI=1S/C12H16Cl2N2O3S/c1-3-7(2)6-16-12(17)10-8(13)4-5-9(11(10)14)20(15,18)19/h4-5,7H,3,6H2,1-2H3,(H,16,17)(H2,15,18,19). The molecule has 1 atom stereocenters. The van der Waals surface area contributed by atoms with E-state index >= 15 is 0 Å². The first kappa shape index (κ1) is 17.2. The molecule has 112 valence electrons. The van der Waals surface area contributed by atoms with Crippen molar-refractivity contribution in [1.82, 2.24) is 5.32 Å². The molecule has 0 spiro atoms. The van der Waals surface area contributed by atoms with Gasteiger partial charge in [-0.2, -0.15) is 0 Å². The fraction of sp³-hybridized carbons (Fsp3) is 0.417. The molecule has 0 bridgehead atoms. The van der Waals surface area contributed by atoms with Gasteiger partial charge in [-0.15, -0.1) is 0 Å². The zero-order valence-corrected chi connectivity index (χ0v) is 13.4. The van der Waals surface area contributed by atoms with Crippen molar-refractivity contribution in [3.63, 3.8) is 0 Å². The Balaban J connectivity index is 3.15. The summed E-state index contributed by atoms with van der Waals surface area (Å²) in [7, 11) is -4.01. The number of primary sulfonamides is 1. The number of nitrogens with two attached hydrogens (primary N) is 1. The molecule has 0 heterocycles. The molecule has 1 amide bonds. The minimum atomic E-state index is -4.01. The average Bonchev–Trinajstić information content (AvgIpc) is 2.34. The number of hydrogen-bond acceptors (Lipinski definition) is 3. The molecule has 0 aliphatic heterocycles. The van der Waals surface area contributed by atoms with Gasteiger partial charge in [0, 0.05) is 6.54 Å². The third-order valence-corrected chi connectivity index (χ3v) is 4.67. The Labute approximate surface area is 128 Å². The molecule has 1 rings (SSSR count). The summed E-state index contributed by atoms with van der Waals surface area (Å²) in [5.74, 6) is -0.233. The van der Waals surface area contributed by atoms with Crippen molar-refractivity contribution in [3.05, 3.63) is 27.7 Å². The van der Waals surface area contributed by atoms with Crippen LogP contribution < -0.4 is 10.5 Å². The minimum absolute atomic E-state index is 0.0732. The van der Waals surface area contributed by atoms with Crippen LogP contribution in [0.4, 0.5) is 0 Å². The van der Waals surface area contributed by atoms with E-state index in [1.54, 1.807) is 0 Å². The van der Waals surface area contributed by atoms with E-state index in [2.05, 4.69) is 5.32 Å². The summed E-state index contributed by atoms with van der Waals surface area (Å²) < 4.78 is 22.7. The van der Waals surface area contributed by atoms with Gasteiger partial charge in [-0.1, -0.05) is 43.5 Å². The number of hydrogen-bond donors (Lipinski definition) is 2. The molecule has 1 unspecified atom stereocenters. The fourth-order valence-corrected chi connectivity index (χ4v) is 2.94. The third-order valence-electron chi connectivity index (χ3n) is 2.90. The lowest BCUT2D eigenvalue weighted by Gasteiger charge is -2.13. The van der Waals surface area contributed by atoms with Crippen LogP contribution in [0.3, 0.4) is 0 Å². The number of benzene rings is 1. The summed E-state index contributed by atoms with van der Waals surface area (Å²) >= 11 is 11.9. The molecule has 0 aromatic heterocycles. The van der Waals surface area contributed by atoms with E-state index in [-0.39, 0.29) is 26.4 Å². The van der Waals surface area contributed by atoms with Crippen LogP contribution in [-0.2, 0) is 10.0 Å². The zero-order valence-electron chi connectivity index (χ0n) is 11.1. The highest BCUT2D eigenvalue weighted by Crippen LogP contribution is 2.30. The van der Waals surface area contributed by atoms with E-state index in [1.807, 2.05) is 13.8 Å². The summed E-state index contributed by atoms with van der Waals surface area (Å²) in [6.45, 7) is 4.42. The minimum Gasteiger partial charge on any atom is -0.352 e. The largest absolute Gasteiger partial charge is 0.352 e.